The third kappa shape index (κ3) is 4.35. The third-order valence-corrected chi connectivity index (χ3v) is 4.65. The van der Waals surface area contributed by atoms with E-state index in [1.807, 2.05) is 66.7 Å². The SMILES string of the molecule is Cc1cc2ccc(NC(=O)COc3ccc(-c4ccccc4)cc3)cc2[nH]c1=O. The van der Waals surface area contributed by atoms with Gasteiger partial charge in [-0.15, -0.1) is 0 Å². The van der Waals surface area contributed by atoms with Gasteiger partial charge in [0.15, 0.2) is 6.61 Å². The number of H-pyrrole nitrogens is 1. The number of aryl methyl sites for hydroxylation is 1. The van der Waals surface area contributed by atoms with Crippen molar-refractivity contribution in [3.05, 3.63) is 94.8 Å². The van der Waals surface area contributed by atoms with E-state index in [0.717, 1.165) is 16.5 Å². The number of carbonyl (C=O) groups is 1. The summed E-state index contributed by atoms with van der Waals surface area (Å²) in [5.41, 5.74) is 4.01. The van der Waals surface area contributed by atoms with Crippen molar-refractivity contribution in [3.63, 3.8) is 0 Å². The van der Waals surface area contributed by atoms with Gasteiger partial charge in [0, 0.05) is 11.3 Å². The zero-order valence-electron chi connectivity index (χ0n) is 15.9. The van der Waals surface area contributed by atoms with E-state index in [0.29, 0.717) is 22.5 Å². The minimum Gasteiger partial charge on any atom is -0.484 e. The molecule has 4 aromatic rings. The summed E-state index contributed by atoms with van der Waals surface area (Å²) < 4.78 is 5.58. The van der Waals surface area contributed by atoms with Gasteiger partial charge in [-0.05, 0) is 53.8 Å². The van der Waals surface area contributed by atoms with Crippen molar-refractivity contribution < 1.29 is 9.53 Å². The van der Waals surface area contributed by atoms with Crippen LogP contribution in [0.1, 0.15) is 5.56 Å². The van der Waals surface area contributed by atoms with E-state index in [9.17, 15) is 9.59 Å². The lowest BCUT2D eigenvalue weighted by Crippen LogP contribution is -2.20. The summed E-state index contributed by atoms with van der Waals surface area (Å²) in [6.45, 7) is 1.66. The molecular weight excluding hydrogens is 364 g/mol. The monoisotopic (exact) mass is 384 g/mol. The van der Waals surface area contributed by atoms with Crippen LogP contribution in [0.15, 0.2) is 83.7 Å². The van der Waals surface area contributed by atoms with E-state index in [2.05, 4.69) is 10.3 Å². The molecule has 0 saturated carbocycles. The van der Waals surface area contributed by atoms with Crippen LogP contribution in [0.3, 0.4) is 0 Å². The molecule has 0 atom stereocenters. The number of fused-ring (bicyclic) bond motifs is 1. The summed E-state index contributed by atoms with van der Waals surface area (Å²) in [4.78, 5) is 26.8. The van der Waals surface area contributed by atoms with E-state index >= 15 is 0 Å². The second-order valence-corrected chi connectivity index (χ2v) is 6.81. The first-order chi connectivity index (χ1) is 14.1. The van der Waals surface area contributed by atoms with Gasteiger partial charge in [-0.25, -0.2) is 0 Å². The molecule has 0 fully saturated rings. The number of rotatable bonds is 5. The van der Waals surface area contributed by atoms with Gasteiger partial charge in [-0.3, -0.25) is 9.59 Å². The largest absolute Gasteiger partial charge is 0.484 e. The Morgan fingerprint density at radius 3 is 2.41 bits per heavy atom. The zero-order valence-corrected chi connectivity index (χ0v) is 15.9. The molecule has 1 heterocycles. The number of ether oxygens (including phenoxy) is 1. The molecule has 144 valence electrons. The molecule has 0 aliphatic rings. The summed E-state index contributed by atoms with van der Waals surface area (Å²) in [6, 6.07) is 24.9. The molecule has 0 aliphatic carbocycles. The van der Waals surface area contributed by atoms with Crippen molar-refractivity contribution >= 4 is 22.5 Å². The zero-order chi connectivity index (χ0) is 20.2. The first-order valence-electron chi connectivity index (χ1n) is 9.30. The first-order valence-corrected chi connectivity index (χ1v) is 9.30. The van der Waals surface area contributed by atoms with Gasteiger partial charge in [-0.1, -0.05) is 48.5 Å². The summed E-state index contributed by atoms with van der Waals surface area (Å²) in [5, 5.41) is 3.70. The second-order valence-electron chi connectivity index (χ2n) is 6.81. The summed E-state index contributed by atoms with van der Waals surface area (Å²) in [7, 11) is 0. The molecule has 1 amide bonds. The van der Waals surface area contributed by atoms with Gasteiger partial charge in [0.2, 0.25) is 0 Å². The molecule has 0 spiro atoms. The van der Waals surface area contributed by atoms with Crippen LogP contribution < -0.4 is 15.6 Å². The maximum atomic E-state index is 12.2. The molecule has 0 aliphatic heterocycles. The maximum absolute atomic E-state index is 12.2. The predicted molar refractivity (Wildman–Crippen MR) is 115 cm³/mol. The molecule has 29 heavy (non-hydrogen) atoms. The van der Waals surface area contributed by atoms with Crippen LogP contribution >= 0.6 is 0 Å². The normalized spacial score (nSPS) is 10.7. The Bertz CT molecular complexity index is 1210. The van der Waals surface area contributed by atoms with Gasteiger partial charge >= 0.3 is 0 Å². The van der Waals surface area contributed by atoms with Gasteiger partial charge in [0.05, 0.1) is 5.52 Å². The summed E-state index contributed by atoms with van der Waals surface area (Å²) in [6.07, 6.45) is 0. The number of anilines is 1. The fraction of sp³-hybridized carbons (Fsp3) is 0.0833. The van der Waals surface area contributed by atoms with Crippen LogP contribution in [-0.4, -0.2) is 17.5 Å². The Morgan fingerprint density at radius 1 is 0.931 bits per heavy atom. The molecule has 4 rings (SSSR count). The van der Waals surface area contributed by atoms with Crippen molar-refractivity contribution in [2.45, 2.75) is 6.92 Å². The van der Waals surface area contributed by atoms with E-state index in [-0.39, 0.29) is 18.1 Å². The minimum atomic E-state index is -0.272. The molecule has 5 heteroatoms. The Kier molecular flexibility index (Phi) is 5.12. The van der Waals surface area contributed by atoms with E-state index in [4.69, 9.17) is 4.74 Å². The van der Waals surface area contributed by atoms with E-state index in [1.54, 1.807) is 19.1 Å². The predicted octanol–water partition coefficient (Wildman–Crippen LogP) is 4.52. The number of nitrogens with one attached hydrogen (secondary N) is 2. The van der Waals surface area contributed by atoms with Crippen molar-refractivity contribution in [3.8, 4) is 16.9 Å². The van der Waals surface area contributed by atoms with Crippen molar-refractivity contribution in [2.24, 2.45) is 0 Å². The molecule has 0 saturated heterocycles. The van der Waals surface area contributed by atoms with Crippen LogP contribution in [0.4, 0.5) is 5.69 Å². The van der Waals surface area contributed by atoms with Gasteiger partial charge in [0.25, 0.3) is 11.5 Å². The summed E-state index contributed by atoms with van der Waals surface area (Å²) in [5.74, 6) is 0.351. The number of hydrogen-bond donors (Lipinski definition) is 2. The molecule has 0 radical (unpaired) electrons. The number of carbonyl (C=O) groups excluding carboxylic acids is 1. The standard InChI is InChI=1S/C24H20N2O3/c1-16-13-19-7-10-20(14-22(19)26-24(16)28)25-23(27)15-29-21-11-8-18(9-12-21)17-5-3-2-4-6-17/h2-14H,15H2,1H3,(H,25,27)(H,26,28). The van der Waals surface area contributed by atoms with Crippen molar-refractivity contribution in [2.75, 3.05) is 11.9 Å². The lowest BCUT2D eigenvalue weighted by atomic mass is 10.1. The van der Waals surface area contributed by atoms with E-state index < -0.39 is 0 Å². The molecule has 2 N–H and O–H groups in total. The van der Waals surface area contributed by atoms with Crippen LogP contribution in [0.2, 0.25) is 0 Å². The average molecular weight is 384 g/mol. The van der Waals surface area contributed by atoms with Crippen molar-refractivity contribution in [1.29, 1.82) is 0 Å². The first kappa shape index (κ1) is 18.5. The van der Waals surface area contributed by atoms with Crippen LogP contribution in [0.25, 0.3) is 22.0 Å². The van der Waals surface area contributed by atoms with Gasteiger partial charge in [0.1, 0.15) is 5.75 Å². The second kappa shape index (κ2) is 8.02. The highest BCUT2D eigenvalue weighted by atomic mass is 16.5. The molecule has 0 bridgehead atoms. The topological polar surface area (TPSA) is 71.2 Å². The fourth-order valence-electron chi connectivity index (χ4n) is 3.11. The number of benzene rings is 3. The van der Waals surface area contributed by atoms with Gasteiger partial charge < -0.3 is 15.0 Å². The molecule has 5 nitrogen and oxygen atoms in total. The summed E-state index contributed by atoms with van der Waals surface area (Å²) >= 11 is 0. The van der Waals surface area contributed by atoms with Crippen LogP contribution in [0, 0.1) is 6.92 Å². The Hall–Kier alpha value is -3.86. The molecule has 0 unspecified atom stereocenters. The van der Waals surface area contributed by atoms with Crippen molar-refractivity contribution in [1.82, 2.24) is 4.98 Å². The highest BCUT2D eigenvalue weighted by molar-refractivity contribution is 5.94. The number of aromatic nitrogens is 1. The van der Waals surface area contributed by atoms with Gasteiger partial charge in [-0.2, -0.15) is 0 Å². The maximum Gasteiger partial charge on any atom is 0.262 e. The van der Waals surface area contributed by atoms with Crippen LogP contribution in [-0.2, 0) is 4.79 Å². The smallest absolute Gasteiger partial charge is 0.262 e. The number of hydrogen-bond acceptors (Lipinski definition) is 3. The molecular formula is C24H20N2O3. The highest BCUT2D eigenvalue weighted by Gasteiger charge is 2.06. The van der Waals surface area contributed by atoms with Crippen LogP contribution in [0.5, 0.6) is 5.75 Å². The molecule has 3 aromatic carbocycles. The Morgan fingerprint density at radius 2 is 1.66 bits per heavy atom. The molecule has 1 aromatic heterocycles. The Labute approximate surface area is 168 Å². The van der Waals surface area contributed by atoms with E-state index in [1.165, 1.54) is 0 Å². The fourth-order valence-corrected chi connectivity index (χ4v) is 3.11. The highest BCUT2D eigenvalue weighted by Crippen LogP contribution is 2.22. The number of pyridine rings is 1. The quantitative estimate of drug-likeness (QED) is 0.531. The lowest BCUT2D eigenvalue weighted by Gasteiger charge is -2.09. The minimum absolute atomic E-state index is 0.104. The Balaban J connectivity index is 1.38. The lowest BCUT2D eigenvalue weighted by molar-refractivity contribution is -0.118. The number of aromatic amines is 1. The number of amides is 1. The third-order valence-electron chi connectivity index (χ3n) is 4.65. The average Bonchev–Trinajstić information content (AvgIpc) is 2.74.